The van der Waals surface area contributed by atoms with Crippen molar-refractivity contribution in [3.8, 4) is 0 Å². The molecule has 0 atom stereocenters. The SMILES string of the molecule is CN(C(=O)C1CCC(=O)CC1)c1ccccc1Br. The lowest BCUT2D eigenvalue weighted by Gasteiger charge is -2.26. The minimum absolute atomic E-state index is 0.0141. The molecule has 0 heterocycles. The third-order valence-corrected chi connectivity index (χ3v) is 4.11. The van der Waals surface area contributed by atoms with Gasteiger partial charge in [0.05, 0.1) is 5.69 Å². The molecule has 0 bridgehead atoms. The van der Waals surface area contributed by atoms with E-state index in [0.29, 0.717) is 25.7 Å². The number of hydrogen-bond donors (Lipinski definition) is 0. The molecule has 1 aliphatic carbocycles. The Morgan fingerprint density at radius 1 is 1.28 bits per heavy atom. The van der Waals surface area contributed by atoms with Gasteiger partial charge in [0.15, 0.2) is 0 Å². The quantitative estimate of drug-likeness (QED) is 0.841. The van der Waals surface area contributed by atoms with Crippen molar-refractivity contribution in [2.24, 2.45) is 5.92 Å². The van der Waals surface area contributed by atoms with Crippen molar-refractivity contribution in [1.29, 1.82) is 0 Å². The minimum Gasteiger partial charge on any atom is -0.314 e. The van der Waals surface area contributed by atoms with E-state index in [1.54, 1.807) is 11.9 Å². The summed E-state index contributed by atoms with van der Waals surface area (Å²) in [4.78, 5) is 25.2. The van der Waals surface area contributed by atoms with Crippen LogP contribution in [0.3, 0.4) is 0 Å². The van der Waals surface area contributed by atoms with Gasteiger partial charge in [-0.25, -0.2) is 0 Å². The van der Waals surface area contributed by atoms with Crippen LogP contribution >= 0.6 is 15.9 Å². The normalized spacial score (nSPS) is 16.7. The van der Waals surface area contributed by atoms with Gasteiger partial charge >= 0.3 is 0 Å². The summed E-state index contributed by atoms with van der Waals surface area (Å²) in [7, 11) is 1.79. The molecular formula is C14H16BrNO2. The first-order valence-electron chi connectivity index (χ1n) is 6.13. The molecule has 0 spiro atoms. The Morgan fingerprint density at radius 2 is 1.89 bits per heavy atom. The molecule has 1 aliphatic rings. The lowest BCUT2D eigenvalue weighted by molar-refractivity contribution is -0.126. The molecule has 0 radical (unpaired) electrons. The number of anilines is 1. The van der Waals surface area contributed by atoms with Crippen molar-refractivity contribution in [3.63, 3.8) is 0 Å². The van der Waals surface area contributed by atoms with Crippen molar-refractivity contribution < 1.29 is 9.59 Å². The number of halogens is 1. The van der Waals surface area contributed by atoms with Gasteiger partial charge in [0, 0.05) is 30.3 Å². The predicted octanol–water partition coefficient (Wildman–Crippen LogP) is 3.17. The lowest BCUT2D eigenvalue weighted by atomic mass is 9.87. The summed E-state index contributed by atoms with van der Waals surface area (Å²) in [5, 5.41) is 0. The Labute approximate surface area is 115 Å². The zero-order valence-corrected chi connectivity index (χ0v) is 11.9. The van der Waals surface area contributed by atoms with Crippen LogP contribution in [0.1, 0.15) is 25.7 Å². The van der Waals surface area contributed by atoms with Gasteiger partial charge in [0.25, 0.3) is 0 Å². The van der Waals surface area contributed by atoms with Gasteiger partial charge in [-0.2, -0.15) is 0 Å². The topological polar surface area (TPSA) is 37.4 Å². The van der Waals surface area contributed by atoms with E-state index in [2.05, 4.69) is 15.9 Å². The third-order valence-electron chi connectivity index (χ3n) is 3.44. The highest BCUT2D eigenvalue weighted by atomic mass is 79.9. The van der Waals surface area contributed by atoms with Crippen LogP contribution < -0.4 is 4.90 Å². The average molecular weight is 310 g/mol. The Bertz CT molecular complexity index is 463. The van der Waals surface area contributed by atoms with Gasteiger partial charge in [-0.1, -0.05) is 12.1 Å². The first-order chi connectivity index (χ1) is 8.59. The number of Topliss-reactive ketones (excluding diaryl/α,β-unsaturated/α-hetero) is 1. The Hall–Kier alpha value is -1.16. The van der Waals surface area contributed by atoms with Gasteiger partial charge in [0.1, 0.15) is 5.78 Å². The highest BCUT2D eigenvalue weighted by molar-refractivity contribution is 9.10. The third kappa shape index (κ3) is 2.80. The summed E-state index contributed by atoms with van der Waals surface area (Å²) in [5.74, 6) is 0.372. The first-order valence-corrected chi connectivity index (χ1v) is 6.92. The van der Waals surface area contributed by atoms with Crippen LogP contribution in [0, 0.1) is 5.92 Å². The average Bonchev–Trinajstić information content (AvgIpc) is 2.38. The van der Waals surface area contributed by atoms with Crippen molar-refractivity contribution in [3.05, 3.63) is 28.7 Å². The van der Waals surface area contributed by atoms with Gasteiger partial charge in [-0.3, -0.25) is 9.59 Å². The zero-order valence-electron chi connectivity index (χ0n) is 10.4. The molecule has 1 fully saturated rings. The summed E-state index contributed by atoms with van der Waals surface area (Å²) in [6.07, 6.45) is 2.46. The van der Waals surface area contributed by atoms with E-state index in [0.717, 1.165) is 10.2 Å². The molecule has 0 unspecified atom stereocenters. The van der Waals surface area contributed by atoms with Crippen LogP contribution in [0.25, 0.3) is 0 Å². The second-order valence-electron chi connectivity index (χ2n) is 4.66. The van der Waals surface area contributed by atoms with E-state index >= 15 is 0 Å². The molecule has 1 saturated carbocycles. The molecular weight excluding hydrogens is 294 g/mol. The maximum Gasteiger partial charge on any atom is 0.229 e. The molecule has 0 N–H and O–H groups in total. The molecule has 1 aromatic carbocycles. The second kappa shape index (κ2) is 5.65. The van der Waals surface area contributed by atoms with Crippen LogP contribution in [-0.4, -0.2) is 18.7 Å². The maximum absolute atomic E-state index is 12.4. The van der Waals surface area contributed by atoms with E-state index in [9.17, 15) is 9.59 Å². The van der Waals surface area contributed by atoms with E-state index in [1.807, 2.05) is 24.3 Å². The fourth-order valence-corrected chi connectivity index (χ4v) is 2.85. The minimum atomic E-state index is -0.0141. The van der Waals surface area contributed by atoms with Crippen molar-refractivity contribution >= 4 is 33.3 Å². The van der Waals surface area contributed by atoms with Crippen LogP contribution in [0.15, 0.2) is 28.7 Å². The van der Waals surface area contributed by atoms with Crippen molar-refractivity contribution in [1.82, 2.24) is 0 Å². The Morgan fingerprint density at radius 3 is 2.50 bits per heavy atom. The van der Waals surface area contributed by atoms with Gasteiger partial charge in [0.2, 0.25) is 5.91 Å². The predicted molar refractivity (Wildman–Crippen MR) is 74.5 cm³/mol. The largest absolute Gasteiger partial charge is 0.314 e. The molecule has 0 aromatic heterocycles. The van der Waals surface area contributed by atoms with E-state index < -0.39 is 0 Å². The van der Waals surface area contributed by atoms with Gasteiger partial charge in [-0.05, 0) is 40.9 Å². The molecule has 96 valence electrons. The number of carbonyl (C=O) groups is 2. The lowest BCUT2D eigenvalue weighted by Crippen LogP contribution is -2.35. The fraction of sp³-hybridized carbons (Fsp3) is 0.429. The molecule has 2 rings (SSSR count). The highest BCUT2D eigenvalue weighted by Gasteiger charge is 2.28. The first kappa shape index (κ1) is 13.3. The number of nitrogens with zero attached hydrogens (tertiary/aromatic N) is 1. The molecule has 0 saturated heterocycles. The monoisotopic (exact) mass is 309 g/mol. The van der Waals surface area contributed by atoms with Crippen molar-refractivity contribution in [2.75, 3.05) is 11.9 Å². The summed E-state index contributed by atoms with van der Waals surface area (Å²) in [6, 6.07) is 7.67. The Kier molecular flexibility index (Phi) is 4.17. The van der Waals surface area contributed by atoms with Crippen LogP contribution in [0.5, 0.6) is 0 Å². The molecule has 4 heteroatoms. The number of ketones is 1. The van der Waals surface area contributed by atoms with Crippen LogP contribution in [0.4, 0.5) is 5.69 Å². The highest BCUT2D eigenvalue weighted by Crippen LogP contribution is 2.29. The van der Waals surface area contributed by atoms with Gasteiger partial charge in [-0.15, -0.1) is 0 Å². The molecule has 3 nitrogen and oxygen atoms in total. The van der Waals surface area contributed by atoms with E-state index in [4.69, 9.17) is 0 Å². The maximum atomic E-state index is 12.4. The number of amides is 1. The molecule has 0 aliphatic heterocycles. The van der Waals surface area contributed by atoms with E-state index in [1.165, 1.54) is 0 Å². The number of benzene rings is 1. The number of rotatable bonds is 2. The summed E-state index contributed by atoms with van der Waals surface area (Å²) in [6.45, 7) is 0. The second-order valence-corrected chi connectivity index (χ2v) is 5.52. The van der Waals surface area contributed by atoms with Gasteiger partial charge < -0.3 is 4.90 Å². The number of hydrogen-bond acceptors (Lipinski definition) is 2. The zero-order chi connectivity index (χ0) is 13.1. The standard InChI is InChI=1S/C14H16BrNO2/c1-16(13-5-3-2-4-12(13)15)14(18)10-6-8-11(17)9-7-10/h2-5,10H,6-9H2,1H3. The summed E-state index contributed by atoms with van der Waals surface area (Å²) >= 11 is 3.45. The summed E-state index contributed by atoms with van der Waals surface area (Å²) in [5.41, 5.74) is 0.874. The Balaban J connectivity index is 2.09. The number of para-hydroxylation sites is 1. The van der Waals surface area contributed by atoms with E-state index in [-0.39, 0.29) is 17.6 Å². The smallest absolute Gasteiger partial charge is 0.229 e. The van der Waals surface area contributed by atoms with Crippen LogP contribution in [0.2, 0.25) is 0 Å². The van der Waals surface area contributed by atoms with Crippen LogP contribution in [-0.2, 0) is 9.59 Å². The van der Waals surface area contributed by atoms with Crippen molar-refractivity contribution in [2.45, 2.75) is 25.7 Å². The fourth-order valence-electron chi connectivity index (χ4n) is 2.30. The molecule has 1 amide bonds. The molecule has 18 heavy (non-hydrogen) atoms. The summed E-state index contributed by atoms with van der Waals surface area (Å²) < 4.78 is 0.910. The molecule has 1 aromatic rings. The number of carbonyl (C=O) groups excluding carboxylic acids is 2.